The third kappa shape index (κ3) is 3.06. The van der Waals surface area contributed by atoms with Crippen LogP contribution in [0.2, 0.25) is 0 Å². The summed E-state index contributed by atoms with van der Waals surface area (Å²) in [6, 6.07) is -0.297. The SMILES string of the molecule is COC(=O)[C@H](C)NCc1cn(C)nc1C. The van der Waals surface area contributed by atoms with Crippen LogP contribution in [0.1, 0.15) is 18.2 Å². The molecule has 84 valence electrons. The van der Waals surface area contributed by atoms with Gasteiger partial charge in [0, 0.05) is 25.4 Å². The maximum Gasteiger partial charge on any atom is 0.322 e. The highest BCUT2D eigenvalue weighted by Gasteiger charge is 2.12. The van der Waals surface area contributed by atoms with Crippen molar-refractivity contribution in [3.05, 3.63) is 17.5 Å². The molecule has 0 aromatic carbocycles. The van der Waals surface area contributed by atoms with E-state index in [2.05, 4.69) is 15.2 Å². The summed E-state index contributed by atoms with van der Waals surface area (Å²) in [6.45, 7) is 4.34. The molecule has 0 bridgehead atoms. The van der Waals surface area contributed by atoms with E-state index in [9.17, 15) is 4.79 Å². The Balaban J connectivity index is 2.50. The van der Waals surface area contributed by atoms with Gasteiger partial charge in [-0.15, -0.1) is 0 Å². The van der Waals surface area contributed by atoms with Crippen LogP contribution < -0.4 is 5.32 Å². The molecule has 5 nitrogen and oxygen atoms in total. The van der Waals surface area contributed by atoms with E-state index in [1.807, 2.05) is 20.2 Å². The Morgan fingerprint density at radius 3 is 2.87 bits per heavy atom. The van der Waals surface area contributed by atoms with Crippen LogP contribution in [0.3, 0.4) is 0 Å². The molecule has 0 amide bonds. The standard InChI is InChI=1S/C10H17N3O2/c1-7-9(6-13(3)12-7)5-11-8(2)10(14)15-4/h6,8,11H,5H2,1-4H3/t8-/m0/s1. The van der Waals surface area contributed by atoms with Crippen molar-refractivity contribution in [2.75, 3.05) is 7.11 Å². The molecule has 1 aromatic rings. The zero-order chi connectivity index (χ0) is 11.4. The topological polar surface area (TPSA) is 56.1 Å². The fourth-order valence-corrected chi connectivity index (χ4v) is 1.35. The molecule has 0 aliphatic rings. The molecule has 0 aliphatic carbocycles. The maximum absolute atomic E-state index is 11.1. The van der Waals surface area contributed by atoms with Gasteiger partial charge >= 0.3 is 5.97 Å². The lowest BCUT2D eigenvalue weighted by Crippen LogP contribution is -2.34. The number of ether oxygens (including phenoxy) is 1. The molecular formula is C10H17N3O2. The summed E-state index contributed by atoms with van der Waals surface area (Å²) < 4.78 is 6.37. The Morgan fingerprint density at radius 1 is 1.73 bits per heavy atom. The van der Waals surface area contributed by atoms with Crippen LogP contribution in [0.15, 0.2) is 6.20 Å². The molecule has 1 aromatic heterocycles. The monoisotopic (exact) mass is 211 g/mol. The number of aryl methyl sites for hydroxylation is 2. The van der Waals surface area contributed by atoms with Crippen LogP contribution in [-0.4, -0.2) is 28.9 Å². The van der Waals surface area contributed by atoms with Crippen LogP contribution in [0.5, 0.6) is 0 Å². The first-order valence-electron chi connectivity index (χ1n) is 4.85. The number of methoxy groups -OCH3 is 1. The highest BCUT2D eigenvalue weighted by atomic mass is 16.5. The third-order valence-electron chi connectivity index (χ3n) is 2.27. The number of rotatable bonds is 4. The van der Waals surface area contributed by atoms with Crippen molar-refractivity contribution in [2.24, 2.45) is 7.05 Å². The quantitative estimate of drug-likeness (QED) is 0.731. The molecular weight excluding hydrogens is 194 g/mol. The van der Waals surface area contributed by atoms with Crippen molar-refractivity contribution in [1.82, 2.24) is 15.1 Å². The Labute approximate surface area is 89.4 Å². The van der Waals surface area contributed by atoms with Crippen LogP contribution in [-0.2, 0) is 23.1 Å². The van der Waals surface area contributed by atoms with Gasteiger partial charge in [0.1, 0.15) is 6.04 Å². The van der Waals surface area contributed by atoms with E-state index in [-0.39, 0.29) is 12.0 Å². The van der Waals surface area contributed by atoms with E-state index in [0.717, 1.165) is 11.3 Å². The van der Waals surface area contributed by atoms with Gasteiger partial charge in [0.05, 0.1) is 12.8 Å². The van der Waals surface area contributed by atoms with Gasteiger partial charge in [0.25, 0.3) is 0 Å². The minimum atomic E-state index is -0.297. The Bertz CT molecular complexity index is 346. The summed E-state index contributed by atoms with van der Waals surface area (Å²) >= 11 is 0. The number of hydrogen-bond acceptors (Lipinski definition) is 4. The Kier molecular flexibility index (Phi) is 3.85. The van der Waals surface area contributed by atoms with Gasteiger partial charge in [-0.05, 0) is 13.8 Å². The number of aromatic nitrogens is 2. The van der Waals surface area contributed by atoms with E-state index >= 15 is 0 Å². The molecule has 1 heterocycles. The number of hydrogen-bond donors (Lipinski definition) is 1. The molecule has 1 rings (SSSR count). The lowest BCUT2D eigenvalue weighted by atomic mass is 10.2. The number of carbonyl (C=O) groups excluding carboxylic acids is 1. The summed E-state index contributed by atoms with van der Waals surface area (Å²) in [7, 11) is 3.26. The Morgan fingerprint density at radius 2 is 2.40 bits per heavy atom. The average molecular weight is 211 g/mol. The van der Waals surface area contributed by atoms with E-state index < -0.39 is 0 Å². The number of nitrogens with zero attached hydrogens (tertiary/aromatic N) is 2. The van der Waals surface area contributed by atoms with Gasteiger partial charge in [-0.3, -0.25) is 9.48 Å². The van der Waals surface area contributed by atoms with Gasteiger partial charge in [0.2, 0.25) is 0 Å². The highest BCUT2D eigenvalue weighted by Crippen LogP contribution is 2.04. The van der Waals surface area contributed by atoms with Gasteiger partial charge in [-0.2, -0.15) is 5.10 Å². The molecule has 1 atom stereocenters. The van der Waals surface area contributed by atoms with E-state index in [1.54, 1.807) is 11.6 Å². The zero-order valence-electron chi connectivity index (χ0n) is 9.57. The molecule has 0 aliphatic heterocycles. The second kappa shape index (κ2) is 4.93. The normalized spacial score (nSPS) is 12.5. The van der Waals surface area contributed by atoms with Crippen LogP contribution in [0, 0.1) is 6.92 Å². The first kappa shape index (κ1) is 11.7. The number of nitrogens with one attached hydrogen (secondary N) is 1. The second-order valence-corrected chi connectivity index (χ2v) is 3.54. The molecule has 0 unspecified atom stereocenters. The smallest absolute Gasteiger partial charge is 0.322 e. The lowest BCUT2D eigenvalue weighted by Gasteiger charge is -2.10. The van der Waals surface area contributed by atoms with Gasteiger partial charge in [-0.25, -0.2) is 0 Å². The Hall–Kier alpha value is -1.36. The van der Waals surface area contributed by atoms with E-state index in [4.69, 9.17) is 0 Å². The number of carbonyl (C=O) groups is 1. The average Bonchev–Trinajstić information content (AvgIpc) is 2.52. The minimum Gasteiger partial charge on any atom is -0.468 e. The molecule has 0 saturated carbocycles. The number of esters is 1. The summed E-state index contributed by atoms with van der Waals surface area (Å²) in [6.07, 6.45) is 1.94. The van der Waals surface area contributed by atoms with Gasteiger partial charge < -0.3 is 10.1 Å². The van der Waals surface area contributed by atoms with Crippen LogP contribution in [0.4, 0.5) is 0 Å². The third-order valence-corrected chi connectivity index (χ3v) is 2.27. The lowest BCUT2D eigenvalue weighted by molar-refractivity contribution is -0.142. The summed E-state index contributed by atoms with van der Waals surface area (Å²) in [4.78, 5) is 11.1. The van der Waals surface area contributed by atoms with E-state index in [0.29, 0.717) is 6.54 Å². The molecule has 1 N–H and O–H groups in total. The van der Waals surface area contributed by atoms with Crippen molar-refractivity contribution < 1.29 is 9.53 Å². The predicted octanol–water partition coefficient (Wildman–Crippen LogP) is 0.380. The first-order valence-corrected chi connectivity index (χ1v) is 4.85. The van der Waals surface area contributed by atoms with Crippen molar-refractivity contribution in [3.63, 3.8) is 0 Å². The van der Waals surface area contributed by atoms with Crippen molar-refractivity contribution in [1.29, 1.82) is 0 Å². The van der Waals surface area contributed by atoms with Crippen LogP contribution in [0.25, 0.3) is 0 Å². The van der Waals surface area contributed by atoms with Crippen LogP contribution >= 0.6 is 0 Å². The first-order chi connectivity index (χ1) is 7.04. The van der Waals surface area contributed by atoms with Crippen molar-refractivity contribution in [2.45, 2.75) is 26.4 Å². The predicted molar refractivity (Wildman–Crippen MR) is 56.3 cm³/mol. The maximum atomic E-state index is 11.1. The second-order valence-electron chi connectivity index (χ2n) is 3.54. The zero-order valence-corrected chi connectivity index (χ0v) is 9.57. The summed E-state index contributed by atoms with van der Waals surface area (Å²) in [5.74, 6) is -0.253. The minimum absolute atomic E-state index is 0.253. The summed E-state index contributed by atoms with van der Waals surface area (Å²) in [5.41, 5.74) is 2.07. The molecule has 5 heteroatoms. The largest absolute Gasteiger partial charge is 0.468 e. The molecule has 0 radical (unpaired) electrons. The van der Waals surface area contributed by atoms with E-state index in [1.165, 1.54) is 7.11 Å². The molecule has 0 saturated heterocycles. The summed E-state index contributed by atoms with van der Waals surface area (Å²) in [5, 5.41) is 7.29. The fraction of sp³-hybridized carbons (Fsp3) is 0.600. The van der Waals surface area contributed by atoms with Crippen molar-refractivity contribution in [3.8, 4) is 0 Å². The van der Waals surface area contributed by atoms with Gasteiger partial charge in [0.15, 0.2) is 0 Å². The molecule has 0 fully saturated rings. The van der Waals surface area contributed by atoms with Gasteiger partial charge in [-0.1, -0.05) is 0 Å². The molecule has 15 heavy (non-hydrogen) atoms. The van der Waals surface area contributed by atoms with Crippen molar-refractivity contribution >= 4 is 5.97 Å². The fourth-order valence-electron chi connectivity index (χ4n) is 1.35. The molecule has 0 spiro atoms. The highest BCUT2D eigenvalue weighted by molar-refractivity contribution is 5.75.